The van der Waals surface area contributed by atoms with E-state index in [0.717, 1.165) is 12.7 Å². The standard InChI is InChI=1S/C19H26O2/c1-3-5-6-7-10-13-18-19(21-18)14-11-8-9-12-17(4-2)15-16-20/h4,15-20H,2-3,5-7,10,13-14H2,1H3/t17-,18+,19+/m0/s1. The van der Waals surface area contributed by atoms with Gasteiger partial charge in [-0.15, -0.1) is 6.58 Å². The first-order valence-electron chi connectivity index (χ1n) is 7.89. The van der Waals surface area contributed by atoms with Crippen molar-refractivity contribution in [3.63, 3.8) is 0 Å². The molecule has 0 aromatic carbocycles. The molecule has 1 heterocycles. The maximum atomic E-state index is 8.65. The molecule has 0 radical (unpaired) electrons. The minimum atomic E-state index is -0.141. The molecule has 1 aliphatic rings. The SMILES string of the molecule is C=C[C@@H](C#CC#CC[C@H]1O[C@@H]1CCCCCCC)C=CO. The molecule has 0 aliphatic carbocycles. The number of epoxide rings is 1. The summed E-state index contributed by atoms with van der Waals surface area (Å²) in [4.78, 5) is 0. The molecule has 0 saturated carbocycles. The van der Waals surface area contributed by atoms with Gasteiger partial charge in [0.15, 0.2) is 0 Å². The molecule has 0 spiro atoms. The minimum Gasteiger partial charge on any atom is -0.516 e. The number of aliphatic hydroxyl groups excluding tert-OH is 1. The number of hydrogen-bond donors (Lipinski definition) is 1. The zero-order valence-corrected chi connectivity index (χ0v) is 13.0. The zero-order chi connectivity index (χ0) is 15.3. The van der Waals surface area contributed by atoms with Gasteiger partial charge in [0.1, 0.15) is 0 Å². The third-order valence-electron chi connectivity index (χ3n) is 3.52. The fourth-order valence-electron chi connectivity index (χ4n) is 2.16. The highest BCUT2D eigenvalue weighted by molar-refractivity contribution is 5.30. The van der Waals surface area contributed by atoms with Crippen LogP contribution in [0, 0.1) is 29.6 Å². The van der Waals surface area contributed by atoms with Crippen LogP contribution in [-0.4, -0.2) is 17.3 Å². The Morgan fingerprint density at radius 3 is 2.71 bits per heavy atom. The van der Waals surface area contributed by atoms with Crippen LogP contribution < -0.4 is 0 Å². The van der Waals surface area contributed by atoms with Gasteiger partial charge in [0, 0.05) is 6.42 Å². The Labute approximate surface area is 129 Å². The summed E-state index contributed by atoms with van der Waals surface area (Å²) in [6, 6.07) is 0. The maximum absolute atomic E-state index is 8.65. The van der Waals surface area contributed by atoms with E-state index in [4.69, 9.17) is 9.84 Å². The molecule has 114 valence electrons. The minimum absolute atomic E-state index is 0.141. The molecule has 1 N–H and O–H groups in total. The van der Waals surface area contributed by atoms with Crippen LogP contribution in [0.2, 0.25) is 0 Å². The Morgan fingerprint density at radius 1 is 1.19 bits per heavy atom. The molecule has 2 heteroatoms. The molecule has 1 saturated heterocycles. The predicted molar refractivity (Wildman–Crippen MR) is 87.7 cm³/mol. The van der Waals surface area contributed by atoms with E-state index in [1.54, 1.807) is 12.2 Å². The number of aliphatic hydroxyl groups is 1. The quantitative estimate of drug-likeness (QED) is 0.224. The molecule has 0 aromatic heterocycles. The van der Waals surface area contributed by atoms with Crippen molar-refractivity contribution in [1.29, 1.82) is 0 Å². The highest BCUT2D eigenvalue weighted by atomic mass is 16.6. The first-order chi connectivity index (χ1) is 10.3. The molecular formula is C19H26O2. The third-order valence-corrected chi connectivity index (χ3v) is 3.52. The van der Waals surface area contributed by atoms with E-state index in [9.17, 15) is 0 Å². The van der Waals surface area contributed by atoms with Crippen LogP contribution in [0.25, 0.3) is 0 Å². The lowest BCUT2D eigenvalue weighted by Crippen LogP contribution is -1.93. The monoisotopic (exact) mass is 286 g/mol. The lowest BCUT2D eigenvalue weighted by Gasteiger charge is -1.96. The number of unbranched alkanes of at least 4 members (excludes halogenated alkanes) is 4. The molecule has 0 amide bonds. The second kappa shape index (κ2) is 11.1. The van der Waals surface area contributed by atoms with Gasteiger partial charge in [0.05, 0.1) is 24.4 Å². The van der Waals surface area contributed by atoms with E-state index in [1.165, 1.54) is 38.5 Å². The summed E-state index contributed by atoms with van der Waals surface area (Å²) in [5.41, 5.74) is 0. The second-order valence-corrected chi connectivity index (χ2v) is 5.29. The Hall–Kier alpha value is -1.64. The summed E-state index contributed by atoms with van der Waals surface area (Å²) in [6.07, 6.45) is 13.5. The summed E-state index contributed by atoms with van der Waals surface area (Å²) in [5.74, 6) is 11.4. The fourth-order valence-corrected chi connectivity index (χ4v) is 2.16. The van der Waals surface area contributed by atoms with Crippen molar-refractivity contribution in [2.45, 2.75) is 64.1 Å². The van der Waals surface area contributed by atoms with Crippen molar-refractivity contribution in [3.8, 4) is 23.7 Å². The van der Waals surface area contributed by atoms with Crippen LogP contribution in [0.5, 0.6) is 0 Å². The van der Waals surface area contributed by atoms with Crippen LogP contribution in [-0.2, 0) is 4.74 Å². The Bertz CT molecular complexity index is 442. The topological polar surface area (TPSA) is 32.8 Å². The average Bonchev–Trinajstić information content (AvgIpc) is 3.24. The Balaban J connectivity index is 2.11. The molecule has 1 aliphatic heterocycles. The van der Waals surface area contributed by atoms with Gasteiger partial charge in [-0.2, -0.15) is 0 Å². The lowest BCUT2D eigenvalue weighted by atomic mass is 10.1. The van der Waals surface area contributed by atoms with Crippen molar-refractivity contribution in [2.75, 3.05) is 0 Å². The molecule has 1 fully saturated rings. The number of rotatable bonds is 9. The van der Waals surface area contributed by atoms with E-state index >= 15 is 0 Å². The van der Waals surface area contributed by atoms with E-state index in [0.29, 0.717) is 12.2 Å². The highest BCUT2D eigenvalue weighted by Crippen LogP contribution is 2.29. The fraction of sp³-hybridized carbons (Fsp3) is 0.579. The van der Waals surface area contributed by atoms with Crippen LogP contribution >= 0.6 is 0 Å². The Morgan fingerprint density at radius 2 is 2.00 bits per heavy atom. The molecule has 3 atom stereocenters. The number of allylic oxidation sites excluding steroid dienone is 2. The van der Waals surface area contributed by atoms with Crippen molar-refractivity contribution >= 4 is 0 Å². The highest BCUT2D eigenvalue weighted by Gasteiger charge is 2.36. The van der Waals surface area contributed by atoms with Gasteiger partial charge >= 0.3 is 0 Å². The van der Waals surface area contributed by atoms with Crippen molar-refractivity contribution in [3.05, 3.63) is 25.0 Å². The lowest BCUT2D eigenvalue weighted by molar-refractivity contribution is 0.359. The largest absolute Gasteiger partial charge is 0.516 e. The van der Waals surface area contributed by atoms with E-state index < -0.39 is 0 Å². The first kappa shape index (κ1) is 17.4. The van der Waals surface area contributed by atoms with Gasteiger partial charge in [-0.05, 0) is 24.3 Å². The molecular weight excluding hydrogens is 260 g/mol. The summed E-state index contributed by atoms with van der Waals surface area (Å²) in [7, 11) is 0. The van der Waals surface area contributed by atoms with E-state index in [-0.39, 0.29) is 5.92 Å². The van der Waals surface area contributed by atoms with Gasteiger partial charge in [-0.25, -0.2) is 0 Å². The van der Waals surface area contributed by atoms with Crippen molar-refractivity contribution in [1.82, 2.24) is 0 Å². The summed E-state index contributed by atoms with van der Waals surface area (Å²) in [5, 5.41) is 8.65. The van der Waals surface area contributed by atoms with E-state index in [2.05, 4.69) is 37.2 Å². The van der Waals surface area contributed by atoms with Crippen molar-refractivity contribution in [2.24, 2.45) is 5.92 Å². The summed E-state index contributed by atoms with van der Waals surface area (Å²) in [6.45, 7) is 5.88. The molecule has 21 heavy (non-hydrogen) atoms. The normalized spacial score (nSPS) is 21.0. The first-order valence-corrected chi connectivity index (χ1v) is 7.89. The van der Waals surface area contributed by atoms with Gasteiger partial charge in [-0.1, -0.05) is 56.9 Å². The summed E-state index contributed by atoms with van der Waals surface area (Å²) < 4.78 is 5.60. The van der Waals surface area contributed by atoms with Crippen LogP contribution in [0.1, 0.15) is 51.9 Å². The number of ether oxygens (including phenoxy) is 1. The molecule has 1 rings (SSSR count). The molecule has 0 bridgehead atoms. The third kappa shape index (κ3) is 8.28. The van der Waals surface area contributed by atoms with Crippen LogP contribution in [0.4, 0.5) is 0 Å². The summed E-state index contributed by atoms with van der Waals surface area (Å²) >= 11 is 0. The van der Waals surface area contributed by atoms with Gasteiger partial charge < -0.3 is 9.84 Å². The van der Waals surface area contributed by atoms with Gasteiger partial charge in [0.2, 0.25) is 0 Å². The zero-order valence-electron chi connectivity index (χ0n) is 13.0. The van der Waals surface area contributed by atoms with Crippen molar-refractivity contribution < 1.29 is 9.84 Å². The van der Waals surface area contributed by atoms with Crippen LogP contribution in [0.15, 0.2) is 25.0 Å². The second-order valence-electron chi connectivity index (χ2n) is 5.29. The molecule has 0 unspecified atom stereocenters. The average molecular weight is 286 g/mol. The smallest absolute Gasteiger partial charge is 0.0951 e. The van der Waals surface area contributed by atoms with Gasteiger partial charge in [0.25, 0.3) is 0 Å². The predicted octanol–water partition coefficient (Wildman–Crippen LogP) is 4.39. The van der Waals surface area contributed by atoms with E-state index in [1.807, 2.05) is 0 Å². The number of hydrogen-bond acceptors (Lipinski definition) is 2. The Kier molecular flexibility index (Phi) is 9.18. The van der Waals surface area contributed by atoms with Crippen LogP contribution in [0.3, 0.4) is 0 Å². The molecule has 2 nitrogen and oxygen atoms in total. The molecule has 0 aromatic rings. The maximum Gasteiger partial charge on any atom is 0.0951 e. The van der Waals surface area contributed by atoms with Gasteiger partial charge in [-0.3, -0.25) is 0 Å².